The maximum atomic E-state index is 11.7. The number of carbonyl (C=O) groups excluding carboxylic acids is 1. The van der Waals surface area contributed by atoms with Crippen molar-refractivity contribution in [1.29, 1.82) is 0 Å². The van der Waals surface area contributed by atoms with Crippen LogP contribution < -0.4 is 5.32 Å². The number of alkyl halides is 4. The first-order valence-electron chi connectivity index (χ1n) is 4.94. The first kappa shape index (κ1) is 16.9. The number of hydrogen-bond donors (Lipinski definition) is 1. The van der Waals surface area contributed by atoms with Crippen LogP contribution in [0.15, 0.2) is 0 Å². The summed E-state index contributed by atoms with van der Waals surface area (Å²) < 4.78 is 43.6. The molecule has 4 nitrogen and oxygen atoms in total. The number of methoxy groups -OCH3 is 1. The highest BCUT2D eigenvalue weighted by Gasteiger charge is 2.27. The molecule has 0 heterocycles. The van der Waals surface area contributed by atoms with Gasteiger partial charge < -0.3 is 14.8 Å². The summed E-state index contributed by atoms with van der Waals surface area (Å²) in [5, 5.41) is 2.93. The van der Waals surface area contributed by atoms with Crippen molar-refractivity contribution in [2.45, 2.75) is 16.5 Å². The minimum absolute atomic E-state index is 0.0383. The molecule has 0 amide bonds. The Kier molecular flexibility index (Phi) is 8.88. The van der Waals surface area contributed by atoms with Crippen LogP contribution in [0.25, 0.3) is 0 Å². The Morgan fingerprint density at radius 2 is 2.12 bits per heavy atom. The summed E-state index contributed by atoms with van der Waals surface area (Å²) in [7, 11) is 1.30. The number of halogens is 4. The SMILES string of the molecule is COC(=O)C(I)CNCCCOCC(F)(F)F. The van der Waals surface area contributed by atoms with Crippen molar-refractivity contribution in [2.75, 3.05) is 33.4 Å². The summed E-state index contributed by atoms with van der Waals surface area (Å²) in [4.78, 5) is 11.0. The van der Waals surface area contributed by atoms with Gasteiger partial charge >= 0.3 is 12.1 Å². The molecular weight excluding hydrogens is 354 g/mol. The van der Waals surface area contributed by atoms with Gasteiger partial charge in [-0.05, 0) is 13.0 Å². The molecule has 17 heavy (non-hydrogen) atoms. The third-order valence-corrected chi connectivity index (χ3v) is 2.64. The lowest BCUT2D eigenvalue weighted by atomic mass is 10.4. The lowest BCUT2D eigenvalue weighted by molar-refractivity contribution is -0.174. The van der Waals surface area contributed by atoms with E-state index in [1.54, 1.807) is 0 Å². The normalized spacial score (nSPS) is 13.5. The topological polar surface area (TPSA) is 47.6 Å². The molecule has 1 unspecified atom stereocenters. The second kappa shape index (κ2) is 8.92. The quantitative estimate of drug-likeness (QED) is 0.305. The van der Waals surface area contributed by atoms with E-state index in [1.165, 1.54) is 7.11 Å². The summed E-state index contributed by atoms with van der Waals surface area (Å²) in [5.41, 5.74) is 0. The van der Waals surface area contributed by atoms with Gasteiger partial charge in [0.2, 0.25) is 0 Å². The van der Waals surface area contributed by atoms with Crippen molar-refractivity contribution in [1.82, 2.24) is 5.32 Å². The number of carbonyl (C=O) groups is 1. The highest BCUT2D eigenvalue weighted by atomic mass is 127. The summed E-state index contributed by atoms with van der Waals surface area (Å²) in [6.45, 7) is -0.262. The largest absolute Gasteiger partial charge is 0.468 e. The van der Waals surface area contributed by atoms with E-state index in [1.807, 2.05) is 22.6 Å². The maximum absolute atomic E-state index is 11.7. The third-order valence-electron chi connectivity index (χ3n) is 1.69. The highest BCUT2D eigenvalue weighted by Crippen LogP contribution is 2.14. The van der Waals surface area contributed by atoms with Crippen LogP contribution >= 0.6 is 22.6 Å². The lowest BCUT2D eigenvalue weighted by Crippen LogP contribution is -2.30. The molecule has 1 N–H and O–H groups in total. The summed E-state index contributed by atoms with van der Waals surface area (Å²) in [5.74, 6) is -0.327. The Balaban J connectivity index is 3.33. The Morgan fingerprint density at radius 1 is 1.47 bits per heavy atom. The molecule has 0 spiro atoms. The molecule has 0 fully saturated rings. The fraction of sp³-hybridized carbons (Fsp3) is 0.889. The standard InChI is InChI=1S/C9H15F3INO3/c1-16-8(15)7(13)5-14-3-2-4-17-6-9(10,11)12/h7,14H,2-6H2,1H3. The van der Waals surface area contributed by atoms with Gasteiger partial charge in [-0.1, -0.05) is 22.6 Å². The van der Waals surface area contributed by atoms with Crippen LogP contribution in [-0.4, -0.2) is 49.5 Å². The molecule has 102 valence electrons. The molecule has 0 aromatic carbocycles. The average Bonchev–Trinajstić information content (AvgIpc) is 2.24. The highest BCUT2D eigenvalue weighted by molar-refractivity contribution is 14.1. The minimum atomic E-state index is -4.27. The fourth-order valence-corrected chi connectivity index (χ4v) is 1.49. The van der Waals surface area contributed by atoms with Gasteiger partial charge in [-0.25, -0.2) is 0 Å². The van der Waals surface area contributed by atoms with E-state index in [4.69, 9.17) is 0 Å². The van der Waals surface area contributed by atoms with Crippen molar-refractivity contribution in [3.63, 3.8) is 0 Å². The first-order chi connectivity index (χ1) is 7.87. The smallest absolute Gasteiger partial charge is 0.411 e. The lowest BCUT2D eigenvalue weighted by Gasteiger charge is -2.10. The van der Waals surface area contributed by atoms with Crippen molar-refractivity contribution < 1.29 is 27.4 Å². The van der Waals surface area contributed by atoms with Gasteiger partial charge in [0.1, 0.15) is 10.5 Å². The summed E-state index contributed by atoms with van der Waals surface area (Å²) in [6.07, 6.45) is -3.81. The number of esters is 1. The van der Waals surface area contributed by atoms with Gasteiger partial charge in [-0.3, -0.25) is 4.79 Å². The molecule has 0 saturated heterocycles. The van der Waals surface area contributed by atoms with Gasteiger partial charge in [0.25, 0.3) is 0 Å². The Labute approximate surface area is 111 Å². The van der Waals surface area contributed by atoms with Crippen LogP contribution in [0, 0.1) is 0 Å². The molecule has 1 atom stereocenters. The van der Waals surface area contributed by atoms with Crippen LogP contribution in [0.3, 0.4) is 0 Å². The molecule has 0 aromatic heterocycles. The van der Waals surface area contributed by atoms with Gasteiger partial charge in [0.05, 0.1) is 7.11 Å². The molecule has 8 heteroatoms. The molecule has 0 bridgehead atoms. The molecule has 0 rings (SSSR count). The zero-order chi connectivity index (χ0) is 13.3. The van der Waals surface area contributed by atoms with Crippen molar-refractivity contribution >= 4 is 28.6 Å². The van der Waals surface area contributed by atoms with Gasteiger partial charge in [-0.15, -0.1) is 0 Å². The van der Waals surface area contributed by atoms with E-state index in [-0.39, 0.29) is 16.5 Å². The summed E-state index contributed by atoms with van der Waals surface area (Å²) in [6, 6.07) is 0. The monoisotopic (exact) mass is 369 g/mol. The first-order valence-corrected chi connectivity index (χ1v) is 6.18. The zero-order valence-corrected chi connectivity index (χ0v) is 11.5. The second-order valence-corrected chi connectivity index (χ2v) is 4.72. The van der Waals surface area contributed by atoms with Gasteiger partial charge in [-0.2, -0.15) is 13.2 Å². The van der Waals surface area contributed by atoms with Gasteiger partial charge in [0.15, 0.2) is 0 Å². The van der Waals surface area contributed by atoms with E-state index in [0.717, 1.165) is 0 Å². The Bertz CT molecular complexity index is 226. The van der Waals surface area contributed by atoms with Crippen molar-refractivity contribution in [3.8, 4) is 0 Å². The third kappa shape index (κ3) is 10.8. The van der Waals surface area contributed by atoms with E-state index in [2.05, 4.69) is 14.8 Å². The van der Waals surface area contributed by atoms with Gasteiger partial charge in [0, 0.05) is 13.2 Å². The fourth-order valence-electron chi connectivity index (χ4n) is 0.927. The number of nitrogens with one attached hydrogen (secondary N) is 1. The number of ether oxygens (including phenoxy) is 2. The maximum Gasteiger partial charge on any atom is 0.411 e. The summed E-state index contributed by atoms with van der Waals surface area (Å²) >= 11 is 1.93. The average molecular weight is 369 g/mol. The van der Waals surface area contributed by atoms with Crippen LogP contribution in [-0.2, 0) is 14.3 Å². The molecule has 0 radical (unpaired) electrons. The Hall–Kier alpha value is -0.0900. The molecule has 0 saturated carbocycles. The molecule has 0 aliphatic carbocycles. The number of hydrogen-bond acceptors (Lipinski definition) is 4. The number of rotatable bonds is 8. The molecule has 0 aliphatic heterocycles. The zero-order valence-electron chi connectivity index (χ0n) is 9.35. The van der Waals surface area contributed by atoms with E-state index in [0.29, 0.717) is 19.5 Å². The van der Waals surface area contributed by atoms with E-state index < -0.39 is 12.8 Å². The van der Waals surface area contributed by atoms with Crippen LogP contribution in [0.5, 0.6) is 0 Å². The van der Waals surface area contributed by atoms with Crippen LogP contribution in [0.2, 0.25) is 0 Å². The predicted molar refractivity (Wildman–Crippen MR) is 64.2 cm³/mol. The van der Waals surface area contributed by atoms with Crippen molar-refractivity contribution in [2.24, 2.45) is 0 Å². The minimum Gasteiger partial charge on any atom is -0.468 e. The molecule has 0 aromatic rings. The van der Waals surface area contributed by atoms with Crippen molar-refractivity contribution in [3.05, 3.63) is 0 Å². The van der Waals surface area contributed by atoms with Crippen LogP contribution in [0.4, 0.5) is 13.2 Å². The van der Waals surface area contributed by atoms with Crippen LogP contribution in [0.1, 0.15) is 6.42 Å². The molecule has 0 aliphatic rings. The molecular formula is C9H15F3INO3. The van der Waals surface area contributed by atoms with E-state index >= 15 is 0 Å². The predicted octanol–water partition coefficient (Wildman–Crippen LogP) is 1.52. The second-order valence-electron chi connectivity index (χ2n) is 3.22. The van der Waals surface area contributed by atoms with E-state index in [9.17, 15) is 18.0 Å². The Morgan fingerprint density at radius 3 is 2.65 bits per heavy atom.